The first-order chi connectivity index (χ1) is 16.2. The van der Waals surface area contributed by atoms with Crippen LogP contribution in [0.2, 0.25) is 5.02 Å². The van der Waals surface area contributed by atoms with Gasteiger partial charge in [0.15, 0.2) is 11.5 Å². The molecule has 174 valence electrons. The molecule has 0 saturated carbocycles. The van der Waals surface area contributed by atoms with Gasteiger partial charge in [-0.2, -0.15) is 0 Å². The van der Waals surface area contributed by atoms with Crippen LogP contribution in [0.4, 0.5) is 0 Å². The Bertz CT molecular complexity index is 1120. The number of nitrogens with one attached hydrogen (secondary N) is 2. The number of hydrogen-bond acceptors (Lipinski definition) is 8. The Hall–Kier alpha value is -2.68. The van der Waals surface area contributed by atoms with Crippen molar-refractivity contribution in [2.75, 3.05) is 26.9 Å². The quantitative estimate of drug-likeness (QED) is 0.544. The minimum absolute atomic E-state index is 0.410. The molecule has 1 saturated heterocycles. The molecule has 0 spiro atoms. The molecular formula is C24H28ClN5O3. The number of rotatable bonds is 7. The van der Waals surface area contributed by atoms with Crippen molar-refractivity contribution in [1.82, 2.24) is 25.6 Å². The standard InChI is InChI=1S/C24H28ClN5O3/c1-31-23-7-6-20-24(30-23)18(19(25)13-29-20)5-4-15-2-3-16(11-26-15)27-12-17-10-21-22(14-28-17)33-9-8-32-21/h6-7,10,13-16,26-27H,2-5,8-9,11-12H2,1H3/t15-,16+/m0/s1. The van der Waals surface area contributed by atoms with E-state index in [1.807, 2.05) is 18.2 Å². The lowest BCUT2D eigenvalue weighted by atomic mass is 9.95. The minimum atomic E-state index is 0.410. The van der Waals surface area contributed by atoms with Crippen LogP contribution in [-0.2, 0) is 13.0 Å². The molecule has 8 nitrogen and oxygen atoms in total. The number of methoxy groups -OCH3 is 1. The Balaban J connectivity index is 1.13. The van der Waals surface area contributed by atoms with Crippen LogP contribution in [0.5, 0.6) is 17.4 Å². The fraction of sp³-hybridized carbons (Fsp3) is 0.458. The molecule has 0 aromatic carbocycles. The zero-order valence-electron chi connectivity index (χ0n) is 18.6. The summed E-state index contributed by atoms with van der Waals surface area (Å²) < 4.78 is 16.5. The van der Waals surface area contributed by atoms with Crippen LogP contribution in [0.25, 0.3) is 11.0 Å². The maximum Gasteiger partial charge on any atom is 0.213 e. The van der Waals surface area contributed by atoms with Gasteiger partial charge in [0.05, 0.1) is 35.1 Å². The van der Waals surface area contributed by atoms with E-state index < -0.39 is 0 Å². The highest BCUT2D eigenvalue weighted by Crippen LogP contribution is 2.30. The van der Waals surface area contributed by atoms with Gasteiger partial charge in [0.1, 0.15) is 13.2 Å². The van der Waals surface area contributed by atoms with Crippen LogP contribution in [-0.4, -0.2) is 53.9 Å². The van der Waals surface area contributed by atoms with Gasteiger partial charge >= 0.3 is 0 Å². The van der Waals surface area contributed by atoms with Crippen molar-refractivity contribution >= 4 is 22.6 Å². The van der Waals surface area contributed by atoms with Gasteiger partial charge in [-0.25, -0.2) is 4.98 Å². The third-order valence-corrected chi connectivity index (χ3v) is 6.59. The average Bonchev–Trinajstić information content (AvgIpc) is 2.87. The van der Waals surface area contributed by atoms with Crippen LogP contribution in [0.15, 0.2) is 30.6 Å². The minimum Gasteiger partial charge on any atom is -0.486 e. The number of piperidine rings is 1. The summed E-state index contributed by atoms with van der Waals surface area (Å²) in [6.07, 6.45) is 7.51. The molecule has 5 heterocycles. The third kappa shape index (κ3) is 5.13. The maximum absolute atomic E-state index is 6.49. The number of ether oxygens (including phenoxy) is 3. The number of halogens is 1. The lowest BCUT2D eigenvalue weighted by molar-refractivity contribution is 0.170. The largest absolute Gasteiger partial charge is 0.486 e. The smallest absolute Gasteiger partial charge is 0.213 e. The second-order valence-corrected chi connectivity index (χ2v) is 8.83. The molecule has 0 bridgehead atoms. The van der Waals surface area contributed by atoms with E-state index in [2.05, 4.69) is 25.6 Å². The van der Waals surface area contributed by atoms with E-state index in [4.69, 9.17) is 25.8 Å². The summed E-state index contributed by atoms with van der Waals surface area (Å²) in [6.45, 7) is 2.79. The summed E-state index contributed by atoms with van der Waals surface area (Å²) in [6, 6.07) is 6.57. The van der Waals surface area contributed by atoms with Gasteiger partial charge in [-0.1, -0.05) is 11.6 Å². The molecule has 1 fully saturated rings. The highest BCUT2D eigenvalue weighted by molar-refractivity contribution is 6.32. The molecule has 0 radical (unpaired) electrons. The molecule has 3 aromatic rings. The molecule has 2 aliphatic rings. The second kappa shape index (κ2) is 10.1. The molecule has 9 heteroatoms. The summed E-state index contributed by atoms with van der Waals surface area (Å²) in [4.78, 5) is 13.5. The summed E-state index contributed by atoms with van der Waals surface area (Å²) in [7, 11) is 1.62. The summed E-state index contributed by atoms with van der Waals surface area (Å²) in [5, 5.41) is 7.95. The van der Waals surface area contributed by atoms with Crippen molar-refractivity contribution in [2.45, 2.75) is 44.3 Å². The van der Waals surface area contributed by atoms with Crippen LogP contribution < -0.4 is 24.8 Å². The predicted molar refractivity (Wildman–Crippen MR) is 126 cm³/mol. The Morgan fingerprint density at radius 1 is 1.15 bits per heavy atom. The van der Waals surface area contributed by atoms with Crippen molar-refractivity contribution in [3.05, 3.63) is 46.9 Å². The van der Waals surface area contributed by atoms with Crippen LogP contribution in [0.1, 0.15) is 30.5 Å². The number of aromatic nitrogens is 3. The van der Waals surface area contributed by atoms with Crippen LogP contribution in [0, 0.1) is 0 Å². The van der Waals surface area contributed by atoms with Gasteiger partial charge in [0.2, 0.25) is 5.88 Å². The van der Waals surface area contributed by atoms with Crippen molar-refractivity contribution in [1.29, 1.82) is 0 Å². The molecule has 33 heavy (non-hydrogen) atoms. The number of aryl methyl sites for hydroxylation is 1. The molecule has 2 atom stereocenters. The molecule has 2 N–H and O–H groups in total. The average molecular weight is 470 g/mol. The van der Waals surface area contributed by atoms with Crippen molar-refractivity contribution in [3.8, 4) is 17.4 Å². The zero-order valence-corrected chi connectivity index (χ0v) is 19.4. The first-order valence-corrected chi connectivity index (χ1v) is 11.8. The van der Waals surface area contributed by atoms with E-state index in [0.717, 1.165) is 66.0 Å². The molecule has 3 aromatic heterocycles. The summed E-state index contributed by atoms with van der Waals surface area (Å²) in [5.74, 6) is 2.08. The normalized spacial score (nSPS) is 20.1. The van der Waals surface area contributed by atoms with Gasteiger partial charge in [0, 0.05) is 49.1 Å². The number of hydrogen-bond donors (Lipinski definition) is 2. The van der Waals surface area contributed by atoms with Gasteiger partial charge in [-0.3, -0.25) is 9.97 Å². The lowest BCUT2D eigenvalue weighted by Crippen LogP contribution is -2.47. The van der Waals surface area contributed by atoms with Gasteiger partial charge < -0.3 is 24.8 Å². The molecule has 0 unspecified atom stereocenters. The zero-order chi connectivity index (χ0) is 22.6. The SMILES string of the molecule is COc1ccc2ncc(Cl)c(CC[C@@H]3CC[C@@H](NCc4cc5c(cn4)OCCO5)CN3)c2n1. The summed E-state index contributed by atoms with van der Waals surface area (Å²) in [5.41, 5.74) is 3.66. The molecule has 0 amide bonds. The molecule has 2 aliphatic heterocycles. The van der Waals surface area contributed by atoms with Gasteiger partial charge in [-0.05, 0) is 31.7 Å². The van der Waals surface area contributed by atoms with E-state index in [1.54, 1.807) is 19.5 Å². The molecular weight excluding hydrogens is 442 g/mol. The lowest BCUT2D eigenvalue weighted by Gasteiger charge is -2.31. The number of nitrogens with zero attached hydrogens (tertiary/aromatic N) is 3. The van der Waals surface area contributed by atoms with Crippen LogP contribution in [0.3, 0.4) is 0 Å². The highest BCUT2D eigenvalue weighted by Gasteiger charge is 2.22. The second-order valence-electron chi connectivity index (χ2n) is 8.42. The Kier molecular flexibility index (Phi) is 6.75. The third-order valence-electron chi connectivity index (χ3n) is 6.27. The van der Waals surface area contributed by atoms with E-state index in [1.165, 1.54) is 0 Å². The van der Waals surface area contributed by atoms with Gasteiger partial charge in [-0.15, -0.1) is 0 Å². The van der Waals surface area contributed by atoms with E-state index in [-0.39, 0.29) is 0 Å². The van der Waals surface area contributed by atoms with Crippen LogP contribution >= 0.6 is 11.6 Å². The first kappa shape index (κ1) is 22.1. The van der Waals surface area contributed by atoms with E-state index in [0.29, 0.717) is 42.7 Å². The summed E-state index contributed by atoms with van der Waals surface area (Å²) >= 11 is 6.49. The number of pyridine rings is 3. The van der Waals surface area contributed by atoms with Crippen molar-refractivity contribution in [2.24, 2.45) is 0 Å². The van der Waals surface area contributed by atoms with Crippen molar-refractivity contribution in [3.63, 3.8) is 0 Å². The molecule has 5 rings (SSSR count). The van der Waals surface area contributed by atoms with E-state index >= 15 is 0 Å². The molecule has 0 aliphatic carbocycles. The Morgan fingerprint density at radius 2 is 2.03 bits per heavy atom. The monoisotopic (exact) mass is 469 g/mol. The van der Waals surface area contributed by atoms with Crippen molar-refractivity contribution < 1.29 is 14.2 Å². The highest BCUT2D eigenvalue weighted by atomic mass is 35.5. The first-order valence-electron chi connectivity index (χ1n) is 11.4. The topological polar surface area (TPSA) is 90.4 Å². The Labute approximate surface area is 198 Å². The fourth-order valence-corrected chi connectivity index (χ4v) is 4.65. The maximum atomic E-state index is 6.49. The van der Waals surface area contributed by atoms with Gasteiger partial charge in [0.25, 0.3) is 0 Å². The fourth-order valence-electron chi connectivity index (χ4n) is 4.42. The Morgan fingerprint density at radius 3 is 2.85 bits per heavy atom. The van der Waals surface area contributed by atoms with E-state index in [9.17, 15) is 0 Å². The predicted octanol–water partition coefficient (Wildman–Crippen LogP) is 3.30. The number of fused-ring (bicyclic) bond motifs is 2.